The maximum atomic E-state index is 10.7. The molecule has 0 amide bonds. The van der Waals surface area contributed by atoms with E-state index in [0.29, 0.717) is 6.42 Å². The molecule has 0 N–H and O–H groups in total. The van der Waals surface area contributed by atoms with E-state index in [1.807, 2.05) is 60.7 Å². The van der Waals surface area contributed by atoms with E-state index in [0.717, 1.165) is 16.7 Å². The van der Waals surface area contributed by atoms with Crippen molar-refractivity contribution in [3.8, 4) is 0 Å². The fourth-order valence-electron chi connectivity index (χ4n) is 2.47. The van der Waals surface area contributed by atoms with Crippen LogP contribution in [0, 0.1) is 10.2 Å². The summed E-state index contributed by atoms with van der Waals surface area (Å²) in [7, 11) is -4.42. The van der Waals surface area contributed by atoms with Crippen LogP contribution < -0.4 is 14.0 Å². The van der Waals surface area contributed by atoms with Crippen molar-refractivity contribution in [3.05, 3.63) is 83.1 Å². The van der Waals surface area contributed by atoms with Crippen LogP contribution in [0.4, 0.5) is 0 Å². The standard InChI is InChI=1S/C16H13ClO4/c18-17(19,20)21-15-11-14(15)16(12-7-3-1-4-8-12)13-9-5-2-6-10-13/h1-10,16H,11H2. The molecule has 1 aliphatic rings. The third kappa shape index (κ3) is 3.43. The van der Waals surface area contributed by atoms with Gasteiger partial charge in [-0.25, -0.2) is 0 Å². The van der Waals surface area contributed by atoms with Crippen LogP contribution in [-0.4, -0.2) is 0 Å². The summed E-state index contributed by atoms with van der Waals surface area (Å²) in [6.07, 6.45) is 0.406. The summed E-state index contributed by atoms with van der Waals surface area (Å²) in [4.78, 5) is 0. The van der Waals surface area contributed by atoms with Crippen LogP contribution in [0.2, 0.25) is 0 Å². The maximum absolute atomic E-state index is 10.7. The molecule has 0 radical (unpaired) electrons. The molecule has 0 bridgehead atoms. The third-order valence-electron chi connectivity index (χ3n) is 3.39. The molecule has 21 heavy (non-hydrogen) atoms. The molecule has 0 aliphatic heterocycles. The van der Waals surface area contributed by atoms with Gasteiger partial charge in [0, 0.05) is 17.9 Å². The van der Waals surface area contributed by atoms with Crippen molar-refractivity contribution in [2.75, 3.05) is 0 Å². The highest BCUT2D eigenvalue weighted by atomic mass is 35.7. The minimum atomic E-state index is -4.42. The zero-order valence-corrected chi connectivity index (χ0v) is 11.8. The highest BCUT2D eigenvalue weighted by molar-refractivity contribution is 5.48. The molecule has 0 saturated carbocycles. The SMILES string of the molecule is [O-][Cl+3]([O-])([O-])OC1=C(C(c2ccccc2)c2ccccc2)C1. The second-order valence-electron chi connectivity index (χ2n) is 4.83. The maximum Gasteiger partial charge on any atom is 0.270 e. The molecule has 3 rings (SSSR count). The van der Waals surface area contributed by atoms with Crippen LogP contribution in [0.5, 0.6) is 0 Å². The molecule has 2 aromatic carbocycles. The molecule has 2 aromatic rings. The van der Waals surface area contributed by atoms with Crippen LogP contribution in [0.25, 0.3) is 0 Å². The van der Waals surface area contributed by atoms with Gasteiger partial charge in [0.2, 0.25) is 0 Å². The van der Waals surface area contributed by atoms with Crippen molar-refractivity contribution in [2.45, 2.75) is 12.3 Å². The first-order valence-corrected chi connectivity index (χ1v) is 7.70. The lowest BCUT2D eigenvalue weighted by molar-refractivity contribution is -1.92. The van der Waals surface area contributed by atoms with Gasteiger partial charge in [0.05, 0.1) is 0 Å². The summed E-state index contributed by atoms with van der Waals surface area (Å²) in [5, 5.41) is 0. The van der Waals surface area contributed by atoms with Crippen molar-refractivity contribution >= 4 is 0 Å². The normalized spacial score (nSPS) is 14.5. The zero-order valence-electron chi connectivity index (χ0n) is 11.1. The summed E-state index contributed by atoms with van der Waals surface area (Å²) >= 11 is 0. The zero-order chi connectivity index (χ0) is 14.9. The van der Waals surface area contributed by atoms with Gasteiger partial charge in [-0.2, -0.15) is 14.0 Å². The van der Waals surface area contributed by atoms with Crippen molar-refractivity contribution in [1.29, 1.82) is 0 Å². The number of benzene rings is 2. The summed E-state index contributed by atoms with van der Waals surface area (Å²) in [6, 6.07) is 19.5. The quantitative estimate of drug-likeness (QED) is 0.800. The Morgan fingerprint density at radius 2 is 1.29 bits per heavy atom. The Bertz CT molecular complexity index is 607. The van der Waals surface area contributed by atoms with Crippen LogP contribution in [0.3, 0.4) is 0 Å². The Kier molecular flexibility index (Phi) is 3.69. The van der Waals surface area contributed by atoms with Gasteiger partial charge >= 0.3 is 0 Å². The molecule has 108 valence electrons. The van der Waals surface area contributed by atoms with Crippen LogP contribution in [0.15, 0.2) is 72.0 Å². The second kappa shape index (κ2) is 5.50. The van der Waals surface area contributed by atoms with E-state index in [2.05, 4.69) is 4.29 Å². The molecule has 4 nitrogen and oxygen atoms in total. The van der Waals surface area contributed by atoms with E-state index in [4.69, 9.17) is 0 Å². The number of allylic oxidation sites excluding steroid dienone is 2. The Morgan fingerprint density at radius 1 is 0.810 bits per heavy atom. The summed E-state index contributed by atoms with van der Waals surface area (Å²) in [6.45, 7) is 0. The Morgan fingerprint density at radius 3 is 1.71 bits per heavy atom. The Labute approximate surface area is 124 Å². The lowest BCUT2D eigenvalue weighted by atomic mass is 9.89. The van der Waals surface area contributed by atoms with Crippen LogP contribution in [0.1, 0.15) is 23.5 Å². The molecule has 5 heteroatoms. The minimum absolute atomic E-state index is 0.0839. The lowest BCUT2D eigenvalue weighted by Crippen LogP contribution is -2.60. The number of hydrogen-bond acceptors (Lipinski definition) is 4. The fraction of sp³-hybridized carbons (Fsp3) is 0.125. The van der Waals surface area contributed by atoms with Gasteiger partial charge in [0.25, 0.3) is 5.76 Å². The topological polar surface area (TPSA) is 78.4 Å². The van der Waals surface area contributed by atoms with Gasteiger partial charge < -0.3 is 0 Å². The van der Waals surface area contributed by atoms with Gasteiger partial charge in [-0.3, -0.25) is 0 Å². The number of halogens is 1. The first kappa shape index (κ1) is 14.1. The fourth-order valence-corrected chi connectivity index (χ4v) is 2.85. The van der Waals surface area contributed by atoms with Crippen molar-refractivity contribution in [2.24, 2.45) is 0 Å². The summed E-state index contributed by atoms with van der Waals surface area (Å²) in [5.41, 5.74) is 2.91. The van der Waals surface area contributed by atoms with Gasteiger partial charge in [-0.05, 0) is 11.1 Å². The predicted octanol–water partition coefficient (Wildman–Crippen LogP) is 0.390. The largest absolute Gasteiger partial charge is 0.270 e. The Balaban J connectivity index is 1.96. The molecular formula is C16H13ClO4. The molecule has 0 atom stereocenters. The molecule has 0 spiro atoms. The monoisotopic (exact) mass is 304 g/mol. The smallest absolute Gasteiger partial charge is 0.167 e. The third-order valence-corrected chi connectivity index (χ3v) is 3.76. The number of hydrogen-bond donors (Lipinski definition) is 0. The molecule has 0 heterocycles. The Hall–Kier alpha value is -1.85. The van der Waals surface area contributed by atoms with E-state index < -0.39 is 10.2 Å². The van der Waals surface area contributed by atoms with Crippen molar-refractivity contribution in [3.63, 3.8) is 0 Å². The van der Waals surface area contributed by atoms with Gasteiger partial charge in [-0.1, -0.05) is 65.0 Å². The van der Waals surface area contributed by atoms with E-state index in [1.165, 1.54) is 0 Å². The average Bonchev–Trinajstić information content (AvgIpc) is 3.18. The van der Waals surface area contributed by atoms with Crippen LogP contribution in [-0.2, 0) is 4.29 Å². The van der Waals surface area contributed by atoms with Crippen molar-refractivity contribution < 1.29 is 28.5 Å². The van der Waals surface area contributed by atoms with Gasteiger partial charge in [0.1, 0.15) is 10.2 Å². The van der Waals surface area contributed by atoms with E-state index >= 15 is 0 Å². The highest BCUT2D eigenvalue weighted by Crippen LogP contribution is 2.47. The summed E-state index contributed by atoms with van der Waals surface area (Å²) < 4.78 is 36.5. The molecule has 0 fully saturated rings. The van der Waals surface area contributed by atoms with E-state index in [1.54, 1.807) is 0 Å². The number of rotatable bonds is 5. The first-order valence-electron chi connectivity index (χ1n) is 6.47. The second-order valence-corrected chi connectivity index (χ2v) is 5.74. The van der Waals surface area contributed by atoms with E-state index in [9.17, 15) is 14.0 Å². The molecule has 0 saturated heterocycles. The minimum Gasteiger partial charge on any atom is -0.167 e. The molecule has 1 aliphatic carbocycles. The molecule has 0 unspecified atom stereocenters. The highest BCUT2D eigenvalue weighted by Gasteiger charge is 2.41. The predicted molar refractivity (Wildman–Crippen MR) is 67.5 cm³/mol. The van der Waals surface area contributed by atoms with Gasteiger partial charge in [0.15, 0.2) is 0 Å². The summed E-state index contributed by atoms with van der Waals surface area (Å²) in [5.74, 6) is 0.170. The first-order chi connectivity index (χ1) is 10.0. The van der Waals surface area contributed by atoms with Crippen molar-refractivity contribution in [1.82, 2.24) is 0 Å². The van der Waals surface area contributed by atoms with Crippen LogP contribution >= 0.6 is 0 Å². The van der Waals surface area contributed by atoms with E-state index in [-0.39, 0.29) is 11.7 Å². The average molecular weight is 305 g/mol. The lowest BCUT2D eigenvalue weighted by Gasteiger charge is -2.14. The van der Waals surface area contributed by atoms with Gasteiger partial charge in [-0.15, -0.1) is 0 Å². The molecular weight excluding hydrogens is 292 g/mol. The molecule has 0 aromatic heterocycles.